The summed E-state index contributed by atoms with van der Waals surface area (Å²) in [6.07, 6.45) is 0. The average molecular weight is 336 g/mol. The molecule has 0 aliphatic carbocycles. The lowest BCUT2D eigenvalue weighted by Gasteiger charge is -2.12. The number of carbonyl (C=O) groups is 1. The summed E-state index contributed by atoms with van der Waals surface area (Å²) in [7, 11) is 0. The molecule has 0 bridgehead atoms. The maximum atomic E-state index is 11.8. The van der Waals surface area contributed by atoms with E-state index < -0.39 is 10.9 Å². The molecule has 0 N–H and O–H groups in total. The van der Waals surface area contributed by atoms with E-state index in [1.807, 2.05) is 13.8 Å². The van der Waals surface area contributed by atoms with Gasteiger partial charge in [0.2, 0.25) is 0 Å². The molecule has 0 atom stereocenters. The van der Waals surface area contributed by atoms with Crippen molar-refractivity contribution in [2.45, 2.75) is 13.8 Å². The SMILES string of the molecule is Cc1cc(Cl)cc(C)c1OCC(=O)Oc1cccc([N+](=O)[O-])c1. The first kappa shape index (κ1) is 16.8. The highest BCUT2D eigenvalue weighted by Crippen LogP contribution is 2.27. The zero-order valence-electron chi connectivity index (χ0n) is 12.5. The van der Waals surface area contributed by atoms with Crippen LogP contribution >= 0.6 is 11.6 Å². The normalized spacial score (nSPS) is 10.2. The third-order valence-corrected chi connectivity index (χ3v) is 3.24. The van der Waals surface area contributed by atoms with Gasteiger partial charge in [-0.05, 0) is 43.2 Å². The van der Waals surface area contributed by atoms with E-state index in [4.69, 9.17) is 21.1 Å². The number of aryl methyl sites for hydroxylation is 2. The number of rotatable bonds is 5. The first-order valence-corrected chi connectivity index (χ1v) is 7.09. The predicted molar refractivity (Wildman–Crippen MR) is 85.2 cm³/mol. The van der Waals surface area contributed by atoms with Crippen molar-refractivity contribution >= 4 is 23.3 Å². The largest absolute Gasteiger partial charge is 0.481 e. The minimum Gasteiger partial charge on any atom is -0.481 e. The fourth-order valence-corrected chi connectivity index (χ4v) is 2.40. The summed E-state index contributed by atoms with van der Waals surface area (Å²) in [5, 5.41) is 11.3. The number of nitrogens with zero attached hydrogens (tertiary/aromatic N) is 1. The van der Waals surface area contributed by atoms with Gasteiger partial charge in [0, 0.05) is 11.1 Å². The first-order chi connectivity index (χ1) is 10.9. The molecule has 0 amide bonds. The highest BCUT2D eigenvalue weighted by Gasteiger charge is 2.12. The van der Waals surface area contributed by atoms with Crippen LogP contribution in [0.5, 0.6) is 11.5 Å². The smallest absolute Gasteiger partial charge is 0.349 e. The van der Waals surface area contributed by atoms with E-state index in [1.54, 1.807) is 12.1 Å². The van der Waals surface area contributed by atoms with Gasteiger partial charge in [0.1, 0.15) is 11.5 Å². The van der Waals surface area contributed by atoms with Crippen LogP contribution in [0.1, 0.15) is 11.1 Å². The van der Waals surface area contributed by atoms with Crippen LogP contribution in [0.3, 0.4) is 0 Å². The Bertz CT molecular complexity index is 737. The second kappa shape index (κ2) is 7.11. The van der Waals surface area contributed by atoms with E-state index in [1.165, 1.54) is 24.3 Å². The zero-order valence-corrected chi connectivity index (χ0v) is 13.3. The molecule has 0 fully saturated rings. The molecule has 23 heavy (non-hydrogen) atoms. The molecule has 0 aliphatic rings. The van der Waals surface area contributed by atoms with Crippen LogP contribution in [0.4, 0.5) is 5.69 Å². The highest BCUT2D eigenvalue weighted by atomic mass is 35.5. The number of hydrogen-bond donors (Lipinski definition) is 0. The molecule has 7 heteroatoms. The van der Waals surface area contributed by atoms with Gasteiger partial charge >= 0.3 is 5.97 Å². The van der Waals surface area contributed by atoms with E-state index in [0.29, 0.717) is 10.8 Å². The van der Waals surface area contributed by atoms with E-state index >= 15 is 0 Å². The van der Waals surface area contributed by atoms with Gasteiger partial charge in [-0.25, -0.2) is 4.79 Å². The Morgan fingerprint density at radius 1 is 1.22 bits per heavy atom. The Labute approximate surface area is 137 Å². The summed E-state index contributed by atoms with van der Waals surface area (Å²) in [5.41, 5.74) is 1.46. The van der Waals surface area contributed by atoms with E-state index in [0.717, 1.165) is 11.1 Å². The van der Waals surface area contributed by atoms with Crippen LogP contribution < -0.4 is 9.47 Å². The zero-order chi connectivity index (χ0) is 17.0. The molecule has 0 aliphatic heterocycles. The topological polar surface area (TPSA) is 78.7 Å². The number of halogens is 1. The maximum absolute atomic E-state index is 11.8. The fraction of sp³-hybridized carbons (Fsp3) is 0.188. The van der Waals surface area contributed by atoms with Gasteiger partial charge in [-0.3, -0.25) is 10.1 Å². The number of hydrogen-bond acceptors (Lipinski definition) is 5. The Morgan fingerprint density at radius 3 is 2.48 bits per heavy atom. The van der Waals surface area contributed by atoms with Gasteiger partial charge in [0.25, 0.3) is 5.69 Å². The second-order valence-corrected chi connectivity index (χ2v) is 5.32. The quantitative estimate of drug-likeness (QED) is 0.359. The predicted octanol–water partition coefficient (Wildman–Crippen LogP) is 3.85. The molecule has 6 nitrogen and oxygen atoms in total. The third-order valence-electron chi connectivity index (χ3n) is 3.02. The summed E-state index contributed by atoms with van der Waals surface area (Å²) < 4.78 is 10.5. The minimum atomic E-state index is -0.653. The minimum absolute atomic E-state index is 0.0948. The van der Waals surface area contributed by atoms with Crippen LogP contribution in [0.25, 0.3) is 0 Å². The molecule has 0 heterocycles. The van der Waals surface area contributed by atoms with Crippen molar-refractivity contribution in [3.63, 3.8) is 0 Å². The summed E-state index contributed by atoms with van der Waals surface area (Å²) in [6, 6.07) is 8.86. The molecular formula is C16H14ClNO5. The van der Waals surface area contributed by atoms with Gasteiger partial charge in [0.05, 0.1) is 11.0 Å². The van der Waals surface area contributed by atoms with Crippen molar-refractivity contribution in [3.8, 4) is 11.5 Å². The van der Waals surface area contributed by atoms with Crippen LogP contribution in [0, 0.1) is 24.0 Å². The summed E-state index contributed by atoms with van der Waals surface area (Å²) >= 11 is 5.93. The van der Waals surface area contributed by atoms with Crippen LogP contribution in [0.2, 0.25) is 5.02 Å². The van der Waals surface area contributed by atoms with Gasteiger partial charge in [0.15, 0.2) is 6.61 Å². The number of benzene rings is 2. The summed E-state index contributed by atoms with van der Waals surface area (Å²) in [5.74, 6) is 0.00184. The van der Waals surface area contributed by atoms with Gasteiger partial charge < -0.3 is 9.47 Å². The highest BCUT2D eigenvalue weighted by molar-refractivity contribution is 6.30. The molecule has 0 saturated carbocycles. The monoisotopic (exact) mass is 335 g/mol. The third kappa shape index (κ3) is 4.43. The summed E-state index contributed by atoms with van der Waals surface area (Å²) in [4.78, 5) is 21.9. The Kier molecular flexibility index (Phi) is 5.18. The molecule has 0 aromatic heterocycles. The first-order valence-electron chi connectivity index (χ1n) is 6.71. The van der Waals surface area contributed by atoms with Crippen LogP contribution in [-0.2, 0) is 4.79 Å². The van der Waals surface area contributed by atoms with E-state index in [2.05, 4.69) is 0 Å². The number of esters is 1. The van der Waals surface area contributed by atoms with Crippen molar-refractivity contribution in [1.29, 1.82) is 0 Å². The average Bonchev–Trinajstić information content (AvgIpc) is 2.46. The molecule has 0 spiro atoms. The molecule has 0 radical (unpaired) electrons. The fourth-order valence-electron chi connectivity index (χ4n) is 2.08. The molecule has 120 valence electrons. The lowest BCUT2D eigenvalue weighted by Crippen LogP contribution is -2.18. The Hall–Kier alpha value is -2.60. The van der Waals surface area contributed by atoms with E-state index in [-0.39, 0.29) is 18.0 Å². The lowest BCUT2D eigenvalue weighted by molar-refractivity contribution is -0.384. The lowest BCUT2D eigenvalue weighted by atomic mass is 10.1. The molecule has 2 rings (SSSR count). The number of ether oxygens (including phenoxy) is 2. The van der Waals surface area contributed by atoms with Crippen molar-refractivity contribution in [1.82, 2.24) is 0 Å². The van der Waals surface area contributed by atoms with Gasteiger partial charge in [-0.2, -0.15) is 0 Å². The Balaban J connectivity index is 2.01. The summed E-state index contributed by atoms with van der Waals surface area (Å²) in [6.45, 7) is 3.33. The molecule has 2 aromatic rings. The molecular weight excluding hydrogens is 322 g/mol. The van der Waals surface area contributed by atoms with E-state index in [9.17, 15) is 14.9 Å². The Morgan fingerprint density at radius 2 is 1.87 bits per heavy atom. The van der Waals surface area contributed by atoms with Crippen molar-refractivity contribution in [3.05, 3.63) is 62.7 Å². The molecule has 0 saturated heterocycles. The number of nitro benzene ring substituents is 1. The van der Waals surface area contributed by atoms with Gasteiger partial charge in [-0.1, -0.05) is 17.7 Å². The number of nitro groups is 1. The molecule has 2 aromatic carbocycles. The van der Waals surface area contributed by atoms with Crippen LogP contribution in [-0.4, -0.2) is 17.5 Å². The van der Waals surface area contributed by atoms with Crippen LogP contribution in [0.15, 0.2) is 36.4 Å². The number of non-ortho nitro benzene ring substituents is 1. The van der Waals surface area contributed by atoms with Crippen molar-refractivity contribution < 1.29 is 19.2 Å². The second-order valence-electron chi connectivity index (χ2n) is 4.89. The molecule has 0 unspecified atom stereocenters. The van der Waals surface area contributed by atoms with Crippen molar-refractivity contribution in [2.75, 3.05) is 6.61 Å². The van der Waals surface area contributed by atoms with Crippen molar-refractivity contribution in [2.24, 2.45) is 0 Å². The maximum Gasteiger partial charge on any atom is 0.349 e. The number of carbonyl (C=O) groups excluding carboxylic acids is 1. The van der Waals surface area contributed by atoms with Gasteiger partial charge in [-0.15, -0.1) is 0 Å². The standard InChI is InChI=1S/C16H14ClNO5/c1-10-6-12(17)7-11(2)16(10)22-9-15(19)23-14-5-3-4-13(8-14)18(20)21/h3-8H,9H2,1-2H3.